The molecule has 2 aliphatic heterocycles. The maximum absolute atomic E-state index is 13.2. The molecule has 2 heterocycles. The van der Waals surface area contributed by atoms with Gasteiger partial charge in [-0.25, -0.2) is 0 Å². The number of hydrogen-bond donors (Lipinski definition) is 1. The Morgan fingerprint density at radius 1 is 1.16 bits per heavy atom. The third kappa shape index (κ3) is 5.81. The number of anilines is 1. The Labute approximate surface area is 194 Å². The highest BCUT2D eigenvalue weighted by molar-refractivity contribution is 8.04. The summed E-state index contributed by atoms with van der Waals surface area (Å²) in [5, 5.41) is 3.01. The standard InChI is InChI=1S/C26H31N3O2S/c1-20-9-7-15-28(18-20)16-8-14-27-25(30)19-29-22-12-5-6-13-23(22)32-24(26(29)31)17-21-10-3-2-4-11-21/h2-6,10-13,17,20H,7-9,14-16,18-19H2,1H3,(H,27,30). The fourth-order valence-corrected chi connectivity index (χ4v) is 5.40. The number of likely N-dealkylation sites (tertiary alicyclic amines) is 1. The number of nitrogens with zero attached hydrogens (tertiary/aromatic N) is 2. The molecule has 2 aromatic rings. The molecule has 0 aliphatic carbocycles. The number of benzene rings is 2. The largest absolute Gasteiger partial charge is 0.355 e. The van der Waals surface area contributed by atoms with Crippen molar-refractivity contribution in [2.45, 2.75) is 31.1 Å². The van der Waals surface area contributed by atoms with Crippen LogP contribution in [0.3, 0.4) is 0 Å². The van der Waals surface area contributed by atoms with Crippen molar-refractivity contribution < 1.29 is 9.59 Å². The van der Waals surface area contributed by atoms with Crippen LogP contribution in [0.25, 0.3) is 6.08 Å². The van der Waals surface area contributed by atoms with Crippen molar-refractivity contribution in [3.05, 3.63) is 65.1 Å². The van der Waals surface area contributed by atoms with Crippen LogP contribution in [-0.2, 0) is 9.59 Å². The van der Waals surface area contributed by atoms with E-state index in [2.05, 4.69) is 17.1 Å². The van der Waals surface area contributed by atoms with E-state index in [9.17, 15) is 9.59 Å². The van der Waals surface area contributed by atoms with Gasteiger partial charge < -0.3 is 10.2 Å². The van der Waals surface area contributed by atoms with Crippen molar-refractivity contribution in [3.8, 4) is 0 Å². The van der Waals surface area contributed by atoms with E-state index in [1.807, 2.05) is 60.7 Å². The topological polar surface area (TPSA) is 52.7 Å². The zero-order valence-corrected chi connectivity index (χ0v) is 19.4. The first-order chi connectivity index (χ1) is 15.6. The lowest BCUT2D eigenvalue weighted by Crippen LogP contribution is -2.43. The summed E-state index contributed by atoms with van der Waals surface area (Å²) in [5.41, 5.74) is 1.77. The van der Waals surface area contributed by atoms with Crippen molar-refractivity contribution in [1.82, 2.24) is 10.2 Å². The highest BCUT2D eigenvalue weighted by Crippen LogP contribution is 2.41. The molecule has 2 aliphatic rings. The minimum atomic E-state index is -0.130. The molecule has 1 saturated heterocycles. The second kappa shape index (κ2) is 10.8. The zero-order chi connectivity index (χ0) is 22.3. The number of rotatable bonds is 7. The summed E-state index contributed by atoms with van der Waals surface area (Å²) in [6.45, 7) is 6.29. The van der Waals surface area contributed by atoms with Gasteiger partial charge >= 0.3 is 0 Å². The lowest BCUT2D eigenvalue weighted by molar-refractivity contribution is -0.122. The van der Waals surface area contributed by atoms with Crippen LogP contribution in [0.4, 0.5) is 5.69 Å². The molecule has 168 valence electrons. The molecule has 0 aromatic heterocycles. The number of nitrogens with one attached hydrogen (secondary N) is 1. The number of amides is 2. The average Bonchev–Trinajstić information content (AvgIpc) is 2.80. The molecular formula is C26H31N3O2S. The van der Waals surface area contributed by atoms with Gasteiger partial charge in [0.1, 0.15) is 6.54 Å². The normalized spacial score (nSPS) is 20.3. The molecule has 0 radical (unpaired) electrons. The highest BCUT2D eigenvalue weighted by Gasteiger charge is 2.30. The van der Waals surface area contributed by atoms with Gasteiger partial charge in [-0.15, -0.1) is 0 Å². The Hall–Kier alpha value is -2.57. The number of thioether (sulfide) groups is 1. The van der Waals surface area contributed by atoms with E-state index in [0.717, 1.165) is 48.1 Å². The summed E-state index contributed by atoms with van der Waals surface area (Å²) in [7, 11) is 0. The maximum Gasteiger partial charge on any atom is 0.265 e. The third-order valence-electron chi connectivity index (χ3n) is 5.95. The quantitative estimate of drug-likeness (QED) is 0.503. The fourth-order valence-electron chi connectivity index (χ4n) is 4.34. The van der Waals surface area contributed by atoms with Crippen LogP contribution in [0.2, 0.25) is 0 Å². The van der Waals surface area contributed by atoms with Crippen LogP contribution in [-0.4, -0.2) is 49.4 Å². The number of fused-ring (bicyclic) bond motifs is 1. The van der Waals surface area contributed by atoms with Gasteiger partial charge in [0.25, 0.3) is 5.91 Å². The molecule has 1 fully saturated rings. The van der Waals surface area contributed by atoms with Crippen LogP contribution < -0.4 is 10.2 Å². The smallest absolute Gasteiger partial charge is 0.265 e. The van der Waals surface area contributed by atoms with Crippen molar-refractivity contribution in [1.29, 1.82) is 0 Å². The Kier molecular flexibility index (Phi) is 7.66. The number of carbonyl (C=O) groups excluding carboxylic acids is 2. The molecule has 1 N–H and O–H groups in total. The number of piperidine rings is 1. The summed E-state index contributed by atoms with van der Waals surface area (Å²) < 4.78 is 0. The number of para-hydroxylation sites is 1. The molecule has 0 spiro atoms. The molecule has 32 heavy (non-hydrogen) atoms. The van der Waals surface area contributed by atoms with Gasteiger partial charge in [0.2, 0.25) is 5.91 Å². The van der Waals surface area contributed by atoms with Gasteiger partial charge in [0.15, 0.2) is 0 Å². The summed E-state index contributed by atoms with van der Waals surface area (Å²) in [6.07, 6.45) is 5.41. The lowest BCUT2D eigenvalue weighted by atomic mass is 10.0. The first-order valence-electron chi connectivity index (χ1n) is 11.4. The van der Waals surface area contributed by atoms with Crippen molar-refractivity contribution in [3.63, 3.8) is 0 Å². The van der Waals surface area contributed by atoms with E-state index in [1.165, 1.54) is 24.6 Å². The second-order valence-electron chi connectivity index (χ2n) is 8.63. The Balaban J connectivity index is 1.37. The molecule has 2 amide bonds. The van der Waals surface area contributed by atoms with Gasteiger partial charge in [-0.1, -0.05) is 61.2 Å². The second-order valence-corrected chi connectivity index (χ2v) is 9.72. The van der Waals surface area contributed by atoms with Crippen LogP contribution in [0.15, 0.2) is 64.4 Å². The maximum atomic E-state index is 13.2. The van der Waals surface area contributed by atoms with Gasteiger partial charge in [0, 0.05) is 18.0 Å². The summed E-state index contributed by atoms with van der Waals surface area (Å²) in [5.74, 6) is 0.515. The van der Waals surface area contributed by atoms with Crippen LogP contribution >= 0.6 is 11.8 Å². The Morgan fingerprint density at radius 2 is 1.94 bits per heavy atom. The zero-order valence-electron chi connectivity index (χ0n) is 18.6. The van der Waals surface area contributed by atoms with E-state index in [4.69, 9.17) is 0 Å². The molecule has 2 aromatic carbocycles. The summed E-state index contributed by atoms with van der Waals surface area (Å²) in [4.78, 5) is 31.6. The van der Waals surface area contributed by atoms with E-state index in [1.54, 1.807) is 4.90 Å². The van der Waals surface area contributed by atoms with Crippen molar-refractivity contribution >= 4 is 35.3 Å². The Bertz CT molecular complexity index is 976. The molecule has 0 bridgehead atoms. The van der Waals surface area contributed by atoms with E-state index in [0.29, 0.717) is 11.4 Å². The van der Waals surface area contributed by atoms with Crippen molar-refractivity contribution in [2.75, 3.05) is 37.6 Å². The van der Waals surface area contributed by atoms with Crippen LogP contribution in [0.5, 0.6) is 0 Å². The molecule has 1 atom stereocenters. The van der Waals surface area contributed by atoms with E-state index in [-0.39, 0.29) is 18.4 Å². The average molecular weight is 450 g/mol. The lowest BCUT2D eigenvalue weighted by Gasteiger charge is -2.31. The monoisotopic (exact) mass is 449 g/mol. The minimum absolute atomic E-state index is 0.0310. The SMILES string of the molecule is CC1CCCN(CCCNC(=O)CN2C(=O)C(=Cc3ccccc3)Sc3ccccc32)C1. The molecule has 6 heteroatoms. The molecular weight excluding hydrogens is 418 g/mol. The van der Waals surface area contributed by atoms with Crippen LogP contribution in [0, 0.1) is 5.92 Å². The first-order valence-corrected chi connectivity index (χ1v) is 12.3. The van der Waals surface area contributed by atoms with Gasteiger partial charge in [-0.3, -0.25) is 14.5 Å². The third-order valence-corrected chi connectivity index (χ3v) is 7.02. The Morgan fingerprint density at radius 3 is 2.75 bits per heavy atom. The fraction of sp³-hybridized carbons (Fsp3) is 0.385. The van der Waals surface area contributed by atoms with Gasteiger partial charge in [0.05, 0.1) is 10.6 Å². The molecule has 5 nitrogen and oxygen atoms in total. The summed E-state index contributed by atoms with van der Waals surface area (Å²) in [6, 6.07) is 17.6. The van der Waals surface area contributed by atoms with Crippen LogP contribution in [0.1, 0.15) is 31.7 Å². The van der Waals surface area contributed by atoms with E-state index < -0.39 is 0 Å². The molecule has 4 rings (SSSR count). The van der Waals surface area contributed by atoms with Gasteiger partial charge in [-0.05, 0) is 62.0 Å². The molecule has 1 unspecified atom stereocenters. The van der Waals surface area contributed by atoms with E-state index >= 15 is 0 Å². The number of carbonyl (C=O) groups is 2. The number of hydrogen-bond acceptors (Lipinski definition) is 4. The van der Waals surface area contributed by atoms with Crippen molar-refractivity contribution in [2.24, 2.45) is 5.92 Å². The molecule has 0 saturated carbocycles. The highest BCUT2D eigenvalue weighted by atomic mass is 32.2. The van der Waals surface area contributed by atoms with Gasteiger partial charge in [-0.2, -0.15) is 0 Å². The summed E-state index contributed by atoms with van der Waals surface area (Å²) >= 11 is 1.46. The predicted molar refractivity (Wildman–Crippen MR) is 132 cm³/mol. The minimum Gasteiger partial charge on any atom is -0.355 e. The first kappa shape index (κ1) is 22.6. The predicted octanol–water partition coefficient (Wildman–Crippen LogP) is 4.40.